The van der Waals surface area contributed by atoms with Crippen LogP contribution >= 0.6 is 39.1 Å². The second-order valence-electron chi connectivity index (χ2n) is 10.2. The summed E-state index contributed by atoms with van der Waals surface area (Å²) in [6, 6.07) is 27.1. The zero-order valence-corrected chi connectivity index (χ0v) is 24.0. The van der Waals surface area contributed by atoms with Crippen molar-refractivity contribution in [1.29, 1.82) is 0 Å². The molecule has 8 heteroatoms. The number of imide groups is 1. The number of carbonyl (C=O) groups excluding carboxylic acids is 2. The Bertz CT molecular complexity index is 1620. The third-order valence-corrected chi connectivity index (χ3v) is 9.31. The molecule has 2 atom stereocenters. The Morgan fingerprint density at radius 1 is 0.800 bits per heavy atom. The average molecular weight is 632 g/mol. The monoisotopic (exact) mass is 630 g/mol. The molecule has 0 N–H and O–H groups in total. The third-order valence-electron chi connectivity index (χ3n) is 8.10. The van der Waals surface area contributed by atoms with Crippen LogP contribution in [0.4, 0.5) is 0 Å². The fourth-order valence-corrected chi connectivity index (χ4v) is 7.38. The summed E-state index contributed by atoms with van der Waals surface area (Å²) in [5, 5.41) is 6.58. The lowest BCUT2D eigenvalue weighted by molar-refractivity contribution is -0.139. The van der Waals surface area contributed by atoms with Gasteiger partial charge in [-0.3, -0.25) is 9.59 Å². The minimum Gasteiger partial charge on any atom is -0.488 e. The molecule has 0 spiro atoms. The van der Waals surface area contributed by atoms with Crippen LogP contribution in [0.2, 0.25) is 10.0 Å². The number of rotatable bonds is 5. The van der Waals surface area contributed by atoms with Gasteiger partial charge in [0.25, 0.3) is 11.8 Å². The van der Waals surface area contributed by atoms with E-state index in [9.17, 15) is 9.59 Å². The maximum absolute atomic E-state index is 13.7. The van der Waals surface area contributed by atoms with Gasteiger partial charge in [0.1, 0.15) is 12.4 Å². The summed E-state index contributed by atoms with van der Waals surface area (Å²) in [5.41, 5.74) is 6.08. The highest BCUT2D eigenvalue weighted by atomic mass is 79.9. The van der Waals surface area contributed by atoms with Gasteiger partial charge in [0.15, 0.2) is 0 Å². The van der Waals surface area contributed by atoms with Crippen LogP contribution in [-0.2, 0) is 16.2 Å². The molecule has 1 aliphatic heterocycles. The highest BCUT2D eigenvalue weighted by Gasteiger charge is 2.61. The van der Waals surface area contributed by atoms with Crippen molar-refractivity contribution in [3.8, 4) is 5.75 Å². The molecule has 0 saturated carbocycles. The topological polar surface area (TPSA) is 59.0 Å². The molecule has 0 radical (unpaired) electrons. The SMILES string of the molecule is O=C1[C@@H]2C3c4ccccc4C(c4ccccc43)[C@H]2C(=O)N1/N=C\c1ccc(OCc2ccc(Cl)cc2Cl)c(Br)c1. The van der Waals surface area contributed by atoms with E-state index in [0.29, 0.717) is 25.8 Å². The fourth-order valence-electron chi connectivity index (χ4n) is 6.41. The minimum atomic E-state index is -0.457. The van der Waals surface area contributed by atoms with Crippen molar-refractivity contribution < 1.29 is 14.3 Å². The predicted octanol–water partition coefficient (Wildman–Crippen LogP) is 7.56. The molecule has 4 aromatic rings. The molecule has 4 aliphatic rings. The molecular formula is C32H21BrCl2N2O3. The number of amides is 2. The van der Waals surface area contributed by atoms with Crippen molar-refractivity contribution in [1.82, 2.24) is 5.01 Å². The van der Waals surface area contributed by atoms with E-state index >= 15 is 0 Å². The number of nitrogens with zero attached hydrogens (tertiary/aromatic N) is 2. The molecule has 198 valence electrons. The van der Waals surface area contributed by atoms with E-state index in [-0.39, 0.29) is 30.3 Å². The second-order valence-corrected chi connectivity index (χ2v) is 11.9. The molecule has 0 unspecified atom stereocenters. The van der Waals surface area contributed by atoms with Crippen LogP contribution in [0.25, 0.3) is 0 Å². The lowest BCUT2D eigenvalue weighted by Crippen LogP contribution is -2.41. The van der Waals surface area contributed by atoms with Gasteiger partial charge in [-0.1, -0.05) is 77.8 Å². The minimum absolute atomic E-state index is 0.154. The standard InChI is InChI=1S/C32H21BrCl2N2O3/c33-24-13-17(9-12-26(24)40-16-18-10-11-19(34)14-25(18)35)15-36-37-31(38)29-27-20-5-1-2-6-21(20)28(30(29)32(37)39)23-8-4-3-7-22(23)27/h1-15,27-30H,16H2/b36-15-/t27?,28?,29-,30-/m1/s1. The van der Waals surface area contributed by atoms with Gasteiger partial charge in [-0.2, -0.15) is 10.1 Å². The van der Waals surface area contributed by atoms with Crippen LogP contribution in [0.5, 0.6) is 5.75 Å². The Morgan fingerprint density at radius 2 is 1.38 bits per heavy atom. The Morgan fingerprint density at radius 3 is 1.90 bits per heavy atom. The summed E-state index contributed by atoms with van der Waals surface area (Å²) in [4.78, 5) is 27.4. The van der Waals surface area contributed by atoms with Crippen molar-refractivity contribution in [2.24, 2.45) is 16.9 Å². The molecule has 5 nitrogen and oxygen atoms in total. The van der Waals surface area contributed by atoms with Crippen molar-refractivity contribution in [3.63, 3.8) is 0 Å². The van der Waals surface area contributed by atoms with E-state index in [1.807, 2.05) is 42.5 Å². The first-order valence-corrected chi connectivity index (χ1v) is 14.4. The van der Waals surface area contributed by atoms with E-state index in [2.05, 4.69) is 45.3 Å². The highest BCUT2D eigenvalue weighted by molar-refractivity contribution is 9.10. The molecule has 1 saturated heterocycles. The molecular weight excluding hydrogens is 611 g/mol. The zero-order valence-electron chi connectivity index (χ0n) is 20.9. The number of ether oxygens (including phenoxy) is 1. The quantitative estimate of drug-likeness (QED) is 0.169. The van der Waals surface area contributed by atoms with Crippen LogP contribution in [0, 0.1) is 11.8 Å². The lowest BCUT2D eigenvalue weighted by atomic mass is 9.55. The van der Waals surface area contributed by atoms with Gasteiger partial charge >= 0.3 is 0 Å². The van der Waals surface area contributed by atoms with Crippen molar-refractivity contribution in [2.75, 3.05) is 0 Å². The molecule has 3 aliphatic carbocycles. The van der Waals surface area contributed by atoms with Gasteiger partial charge in [-0.15, -0.1) is 0 Å². The van der Waals surface area contributed by atoms with Crippen molar-refractivity contribution >= 4 is 57.2 Å². The van der Waals surface area contributed by atoms with E-state index < -0.39 is 11.8 Å². The van der Waals surface area contributed by atoms with Crippen LogP contribution in [0.3, 0.4) is 0 Å². The number of halogens is 3. The Hall–Kier alpha value is -3.45. The summed E-state index contributed by atoms with van der Waals surface area (Å²) in [7, 11) is 0. The Labute approximate surface area is 249 Å². The number of benzene rings is 4. The summed E-state index contributed by atoms with van der Waals surface area (Å²) in [6.45, 7) is 0.273. The predicted molar refractivity (Wildman–Crippen MR) is 158 cm³/mol. The third kappa shape index (κ3) is 4.00. The zero-order chi connectivity index (χ0) is 27.5. The number of hydrogen-bond acceptors (Lipinski definition) is 4. The van der Waals surface area contributed by atoms with Crippen molar-refractivity contribution in [2.45, 2.75) is 18.4 Å². The fraction of sp³-hybridized carbons (Fsp3) is 0.156. The lowest BCUT2D eigenvalue weighted by Gasteiger charge is -2.45. The van der Waals surface area contributed by atoms with Gasteiger partial charge in [-0.05, 0) is 74.1 Å². The molecule has 2 amide bonds. The van der Waals surface area contributed by atoms with Gasteiger partial charge in [-0.25, -0.2) is 0 Å². The van der Waals surface area contributed by atoms with Gasteiger partial charge in [0, 0.05) is 27.4 Å². The first-order chi connectivity index (χ1) is 19.4. The smallest absolute Gasteiger partial charge is 0.254 e. The largest absolute Gasteiger partial charge is 0.488 e. The summed E-state index contributed by atoms with van der Waals surface area (Å²) >= 11 is 15.8. The number of hydrogen-bond donors (Lipinski definition) is 0. The molecule has 1 heterocycles. The van der Waals surface area contributed by atoms with E-state index in [4.69, 9.17) is 27.9 Å². The highest BCUT2D eigenvalue weighted by Crippen LogP contribution is 2.60. The molecule has 2 bridgehead atoms. The molecule has 0 aromatic heterocycles. The second kappa shape index (κ2) is 9.88. The summed E-state index contributed by atoms with van der Waals surface area (Å²) in [6.07, 6.45) is 1.54. The van der Waals surface area contributed by atoms with Crippen LogP contribution < -0.4 is 4.74 Å². The summed E-state index contributed by atoms with van der Waals surface area (Å²) < 4.78 is 6.64. The maximum atomic E-state index is 13.7. The molecule has 8 rings (SSSR count). The number of carbonyl (C=O) groups is 2. The van der Waals surface area contributed by atoms with E-state index in [1.165, 1.54) is 0 Å². The first-order valence-electron chi connectivity index (χ1n) is 12.9. The van der Waals surface area contributed by atoms with E-state index in [1.54, 1.807) is 24.4 Å². The van der Waals surface area contributed by atoms with Crippen LogP contribution in [0.15, 0.2) is 94.5 Å². The number of hydrazone groups is 1. The van der Waals surface area contributed by atoms with Gasteiger partial charge < -0.3 is 4.74 Å². The normalized spacial score (nSPS) is 22.4. The maximum Gasteiger partial charge on any atom is 0.254 e. The Kier molecular flexibility index (Phi) is 6.30. The average Bonchev–Trinajstić information content (AvgIpc) is 3.21. The molecule has 40 heavy (non-hydrogen) atoms. The van der Waals surface area contributed by atoms with Gasteiger partial charge in [0.2, 0.25) is 0 Å². The molecule has 4 aromatic carbocycles. The van der Waals surface area contributed by atoms with Crippen LogP contribution in [0.1, 0.15) is 45.2 Å². The van der Waals surface area contributed by atoms with Gasteiger partial charge in [0.05, 0.1) is 22.5 Å². The van der Waals surface area contributed by atoms with Crippen LogP contribution in [-0.4, -0.2) is 23.0 Å². The van der Waals surface area contributed by atoms with Crippen molar-refractivity contribution in [3.05, 3.63) is 133 Å². The van der Waals surface area contributed by atoms with E-state index in [0.717, 1.165) is 32.8 Å². The molecule has 1 fully saturated rings. The Balaban J connectivity index is 1.13. The summed E-state index contributed by atoms with van der Waals surface area (Å²) in [5.74, 6) is -1.09. The first kappa shape index (κ1) is 25.5.